The van der Waals surface area contributed by atoms with Crippen LogP contribution in [-0.2, 0) is 4.79 Å². The molecule has 1 amide bonds. The summed E-state index contributed by atoms with van der Waals surface area (Å²) in [5, 5.41) is 1.63. The van der Waals surface area contributed by atoms with Crippen molar-refractivity contribution in [2.75, 3.05) is 31.7 Å². The van der Waals surface area contributed by atoms with Gasteiger partial charge in [-0.3, -0.25) is 9.69 Å². The van der Waals surface area contributed by atoms with E-state index in [4.69, 9.17) is 14.5 Å². The first kappa shape index (κ1) is 18.4. The molecule has 8 heteroatoms. The largest absolute Gasteiger partial charge is 0.486 e. The highest BCUT2D eigenvalue weighted by atomic mass is 32.2. The number of carbonyl (C=O) groups is 1. The molecule has 1 fully saturated rings. The molecule has 0 aliphatic carbocycles. The minimum Gasteiger partial charge on any atom is -0.486 e. The number of para-hydroxylation sites is 1. The third-order valence-electron chi connectivity index (χ3n) is 4.86. The molecule has 6 nitrogen and oxygen atoms in total. The van der Waals surface area contributed by atoms with E-state index in [0.717, 1.165) is 27.0 Å². The SMILES string of the molecule is CCN1C(=O)/C(=C2/Sc3ccccc3N2C)SC1=Nc1ccc2c(c1)OCCO2. The zero-order chi connectivity index (χ0) is 20.0. The molecule has 3 heterocycles. The molecule has 0 unspecified atom stereocenters. The first-order chi connectivity index (χ1) is 14.2. The van der Waals surface area contributed by atoms with E-state index in [-0.39, 0.29) is 5.91 Å². The van der Waals surface area contributed by atoms with Crippen LogP contribution in [0.5, 0.6) is 11.5 Å². The molecule has 0 radical (unpaired) electrons. The summed E-state index contributed by atoms with van der Waals surface area (Å²) in [6.45, 7) is 3.61. The highest BCUT2D eigenvalue weighted by Gasteiger charge is 2.38. The van der Waals surface area contributed by atoms with Crippen LogP contribution >= 0.6 is 23.5 Å². The van der Waals surface area contributed by atoms with E-state index in [9.17, 15) is 4.79 Å². The molecule has 5 rings (SSSR count). The van der Waals surface area contributed by atoms with Crippen LogP contribution in [0, 0.1) is 0 Å². The number of amides is 1. The van der Waals surface area contributed by atoms with Crippen LogP contribution in [-0.4, -0.2) is 42.8 Å². The van der Waals surface area contributed by atoms with Crippen LogP contribution in [0.25, 0.3) is 0 Å². The molecule has 0 bridgehead atoms. The van der Waals surface area contributed by atoms with E-state index < -0.39 is 0 Å². The van der Waals surface area contributed by atoms with Crippen molar-refractivity contribution < 1.29 is 14.3 Å². The number of anilines is 1. The summed E-state index contributed by atoms with van der Waals surface area (Å²) in [4.78, 5) is 23.6. The molecule has 3 aliphatic heterocycles. The number of likely N-dealkylation sites (N-methyl/N-ethyl adjacent to an activating group) is 1. The van der Waals surface area contributed by atoms with Crippen LogP contribution in [0.2, 0.25) is 0 Å². The number of hydrogen-bond acceptors (Lipinski definition) is 7. The third-order valence-corrected chi connectivity index (χ3v) is 7.29. The topological polar surface area (TPSA) is 54.4 Å². The van der Waals surface area contributed by atoms with Gasteiger partial charge in [-0.2, -0.15) is 0 Å². The number of nitrogens with zero attached hydrogens (tertiary/aromatic N) is 3. The summed E-state index contributed by atoms with van der Waals surface area (Å²) < 4.78 is 11.2. The van der Waals surface area contributed by atoms with Gasteiger partial charge < -0.3 is 14.4 Å². The summed E-state index contributed by atoms with van der Waals surface area (Å²) in [5.74, 6) is 1.42. The van der Waals surface area contributed by atoms with Crippen molar-refractivity contribution in [3.8, 4) is 11.5 Å². The van der Waals surface area contributed by atoms with E-state index in [2.05, 4.69) is 17.0 Å². The predicted molar refractivity (Wildman–Crippen MR) is 117 cm³/mol. The predicted octanol–water partition coefficient (Wildman–Crippen LogP) is 4.45. The van der Waals surface area contributed by atoms with Gasteiger partial charge in [0.2, 0.25) is 0 Å². The molecule has 2 aromatic carbocycles. The number of rotatable bonds is 2. The number of carbonyl (C=O) groups excluding carboxylic acids is 1. The van der Waals surface area contributed by atoms with Crippen molar-refractivity contribution in [3.05, 3.63) is 52.4 Å². The Morgan fingerprint density at radius 3 is 2.66 bits per heavy atom. The molecule has 3 aliphatic rings. The van der Waals surface area contributed by atoms with Gasteiger partial charge in [0, 0.05) is 24.6 Å². The first-order valence-corrected chi connectivity index (χ1v) is 11.0. The second kappa shape index (κ2) is 7.35. The molecule has 0 spiro atoms. The average Bonchev–Trinajstić information content (AvgIpc) is 3.24. The van der Waals surface area contributed by atoms with Crippen molar-refractivity contribution in [2.24, 2.45) is 4.99 Å². The van der Waals surface area contributed by atoms with Crippen LogP contribution in [0.1, 0.15) is 6.92 Å². The number of ether oxygens (including phenoxy) is 2. The summed E-state index contributed by atoms with van der Waals surface area (Å²) in [5.41, 5.74) is 1.86. The molecule has 0 aromatic heterocycles. The number of thioether (sulfide) groups is 2. The lowest BCUT2D eigenvalue weighted by Gasteiger charge is -2.18. The van der Waals surface area contributed by atoms with Gasteiger partial charge >= 0.3 is 0 Å². The van der Waals surface area contributed by atoms with Gasteiger partial charge in [0.15, 0.2) is 16.7 Å². The lowest BCUT2D eigenvalue weighted by atomic mass is 10.2. The normalized spacial score (nSPS) is 21.9. The summed E-state index contributed by atoms with van der Waals surface area (Å²) in [7, 11) is 2.00. The molecule has 2 aromatic rings. The smallest absolute Gasteiger partial charge is 0.269 e. The summed E-state index contributed by atoms with van der Waals surface area (Å²) >= 11 is 3.06. The summed E-state index contributed by atoms with van der Waals surface area (Å²) in [6.07, 6.45) is 0. The molecule has 0 saturated carbocycles. The molecular formula is C21H19N3O3S2. The fourth-order valence-electron chi connectivity index (χ4n) is 3.41. The Hall–Kier alpha value is -2.58. The Bertz CT molecular complexity index is 1070. The highest BCUT2D eigenvalue weighted by Crippen LogP contribution is 2.50. The molecule has 148 valence electrons. The van der Waals surface area contributed by atoms with Crippen molar-refractivity contribution >= 4 is 46.0 Å². The van der Waals surface area contributed by atoms with Crippen LogP contribution < -0.4 is 14.4 Å². The van der Waals surface area contributed by atoms with Crippen molar-refractivity contribution in [2.45, 2.75) is 11.8 Å². The minimum atomic E-state index is -0.00375. The minimum absolute atomic E-state index is 0.00375. The van der Waals surface area contributed by atoms with Crippen molar-refractivity contribution in [1.29, 1.82) is 0 Å². The monoisotopic (exact) mass is 425 g/mol. The van der Waals surface area contributed by atoms with Crippen LogP contribution in [0.4, 0.5) is 11.4 Å². The van der Waals surface area contributed by atoms with E-state index in [0.29, 0.717) is 35.6 Å². The Labute approximate surface area is 177 Å². The first-order valence-electron chi connectivity index (χ1n) is 9.38. The standard InChI is InChI=1S/C21H19N3O3S2/c1-3-24-19(25)18(20-23(2)14-6-4-5-7-17(14)28-20)29-21(24)22-13-8-9-15-16(12-13)27-11-10-26-15/h4-9,12H,3,10-11H2,1-2H3/b20-18-,22-21?. The van der Waals surface area contributed by atoms with E-state index in [1.54, 1.807) is 16.7 Å². The van der Waals surface area contributed by atoms with Gasteiger partial charge in [-0.05, 0) is 43.0 Å². The number of fused-ring (bicyclic) bond motifs is 2. The molecule has 0 N–H and O–H groups in total. The highest BCUT2D eigenvalue weighted by molar-refractivity contribution is 8.19. The Morgan fingerprint density at radius 2 is 1.86 bits per heavy atom. The number of hydrogen-bond donors (Lipinski definition) is 0. The maximum atomic E-state index is 13.1. The van der Waals surface area contributed by atoms with E-state index in [1.807, 2.05) is 44.3 Å². The van der Waals surface area contributed by atoms with Gasteiger partial charge in [0.05, 0.1) is 16.4 Å². The van der Waals surface area contributed by atoms with Gasteiger partial charge in [0.25, 0.3) is 5.91 Å². The Kier molecular flexibility index (Phi) is 4.67. The fraction of sp³-hybridized carbons (Fsp3) is 0.238. The molecule has 1 saturated heterocycles. The van der Waals surface area contributed by atoms with Crippen LogP contribution in [0.3, 0.4) is 0 Å². The zero-order valence-corrected chi connectivity index (χ0v) is 17.7. The molecular weight excluding hydrogens is 406 g/mol. The maximum absolute atomic E-state index is 13.1. The zero-order valence-electron chi connectivity index (χ0n) is 16.0. The fourth-order valence-corrected chi connectivity index (χ4v) is 5.82. The quantitative estimate of drug-likeness (QED) is 0.663. The lowest BCUT2D eigenvalue weighted by molar-refractivity contribution is -0.122. The molecule has 0 atom stereocenters. The van der Waals surface area contributed by atoms with E-state index in [1.165, 1.54) is 11.8 Å². The van der Waals surface area contributed by atoms with Gasteiger partial charge in [-0.1, -0.05) is 23.9 Å². The lowest BCUT2D eigenvalue weighted by Crippen LogP contribution is -2.29. The van der Waals surface area contributed by atoms with Gasteiger partial charge in [0.1, 0.15) is 18.1 Å². The number of benzene rings is 2. The van der Waals surface area contributed by atoms with Gasteiger partial charge in [-0.15, -0.1) is 0 Å². The number of amidine groups is 1. The average molecular weight is 426 g/mol. The summed E-state index contributed by atoms with van der Waals surface area (Å²) in [6, 6.07) is 13.8. The van der Waals surface area contributed by atoms with Gasteiger partial charge in [-0.25, -0.2) is 4.99 Å². The third kappa shape index (κ3) is 3.16. The second-order valence-electron chi connectivity index (χ2n) is 6.64. The van der Waals surface area contributed by atoms with Crippen molar-refractivity contribution in [3.63, 3.8) is 0 Å². The Morgan fingerprint density at radius 1 is 1.07 bits per heavy atom. The maximum Gasteiger partial charge on any atom is 0.269 e. The number of aliphatic imine (C=N–C) groups is 1. The van der Waals surface area contributed by atoms with E-state index >= 15 is 0 Å². The van der Waals surface area contributed by atoms with Crippen LogP contribution in [0.15, 0.2) is 62.3 Å². The van der Waals surface area contributed by atoms with Crippen molar-refractivity contribution in [1.82, 2.24) is 4.90 Å². The second-order valence-corrected chi connectivity index (χ2v) is 8.65. The molecule has 29 heavy (non-hydrogen) atoms. The Balaban J connectivity index is 1.50.